The maximum atomic E-state index is 4.54. The maximum Gasteiger partial charge on any atom is 0.185 e. The SMILES string of the molecule is Cc1cccc(CN(C)c2ncc(CNC3CC3)s2)c1. The van der Waals surface area contributed by atoms with E-state index in [4.69, 9.17) is 0 Å². The maximum absolute atomic E-state index is 4.54. The number of rotatable bonds is 6. The Morgan fingerprint density at radius 3 is 3.00 bits per heavy atom. The van der Waals surface area contributed by atoms with E-state index in [0.29, 0.717) is 0 Å². The molecule has 0 bridgehead atoms. The molecule has 1 aromatic carbocycles. The molecule has 0 unspecified atom stereocenters. The lowest BCUT2D eigenvalue weighted by molar-refractivity contribution is 0.694. The minimum Gasteiger partial charge on any atom is -0.347 e. The molecule has 1 aliphatic rings. The zero-order chi connectivity index (χ0) is 13.9. The zero-order valence-corrected chi connectivity index (χ0v) is 12.9. The molecular weight excluding hydrogens is 266 g/mol. The van der Waals surface area contributed by atoms with Crippen LogP contribution in [0, 0.1) is 6.92 Å². The van der Waals surface area contributed by atoms with E-state index in [1.807, 2.05) is 6.20 Å². The van der Waals surface area contributed by atoms with E-state index in [2.05, 4.69) is 53.4 Å². The third-order valence-electron chi connectivity index (χ3n) is 3.51. The quantitative estimate of drug-likeness (QED) is 0.883. The molecule has 20 heavy (non-hydrogen) atoms. The highest BCUT2D eigenvalue weighted by Crippen LogP contribution is 2.25. The molecule has 1 aliphatic carbocycles. The van der Waals surface area contributed by atoms with Crippen molar-refractivity contribution in [2.45, 2.75) is 38.9 Å². The summed E-state index contributed by atoms with van der Waals surface area (Å²) in [6.45, 7) is 4.00. The Morgan fingerprint density at radius 1 is 1.40 bits per heavy atom. The van der Waals surface area contributed by atoms with Crippen LogP contribution in [0.4, 0.5) is 5.13 Å². The van der Waals surface area contributed by atoms with Crippen LogP contribution in [0.3, 0.4) is 0 Å². The molecule has 3 nitrogen and oxygen atoms in total. The van der Waals surface area contributed by atoms with Crippen LogP contribution in [0.15, 0.2) is 30.5 Å². The molecule has 0 spiro atoms. The van der Waals surface area contributed by atoms with Crippen LogP contribution in [0.25, 0.3) is 0 Å². The number of hydrogen-bond acceptors (Lipinski definition) is 4. The Balaban J connectivity index is 1.59. The number of hydrogen-bond donors (Lipinski definition) is 1. The lowest BCUT2D eigenvalue weighted by atomic mass is 10.1. The fourth-order valence-corrected chi connectivity index (χ4v) is 3.06. The van der Waals surface area contributed by atoms with Crippen molar-refractivity contribution in [1.29, 1.82) is 0 Å². The lowest BCUT2D eigenvalue weighted by Gasteiger charge is -2.15. The second-order valence-corrected chi connectivity index (χ2v) is 6.70. The monoisotopic (exact) mass is 287 g/mol. The molecule has 2 aromatic rings. The molecule has 1 N–H and O–H groups in total. The van der Waals surface area contributed by atoms with Crippen molar-refractivity contribution in [3.8, 4) is 0 Å². The van der Waals surface area contributed by atoms with Gasteiger partial charge < -0.3 is 10.2 Å². The summed E-state index contributed by atoms with van der Waals surface area (Å²) in [5.41, 5.74) is 2.64. The number of nitrogens with zero attached hydrogens (tertiary/aromatic N) is 2. The van der Waals surface area contributed by atoms with E-state index in [9.17, 15) is 0 Å². The van der Waals surface area contributed by atoms with Crippen molar-refractivity contribution < 1.29 is 0 Å². The van der Waals surface area contributed by atoms with E-state index in [-0.39, 0.29) is 0 Å². The molecule has 1 fully saturated rings. The van der Waals surface area contributed by atoms with Crippen LogP contribution < -0.4 is 10.2 Å². The first kappa shape index (κ1) is 13.6. The van der Waals surface area contributed by atoms with Crippen molar-refractivity contribution in [2.75, 3.05) is 11.9 Å². The second kappa shape index (κ2) is 5.94. The number of aromatic nitrogens is 1. The Hall–Kier alpha value is -1.39. The molecule has 0 atom stereocenters. The molecule has 1 saturated carbocycles. The number of anilines is 1. The highest BCUT2D eigenvalue weighted by molar-refractivity contribution is 7.15. The summed E-state index contributed by atoms with van der Waals surface area (Å²) in [5, 5.41) is 4.63. The average Bonchev–Trinajstić information content (AvgIpc) is 3.13. The average molecular weight is 287 g/mol. The lowest BCUT2D eigenvalue weighted by Crippen LogP contribution is -2.16. The van der Waals surface area contributed by atoms with Crippen molar-refractivity contribution in [1.82, 2.24) is 10.3 Å². The first-order chi connectivity index (χ1) is 9.70. The van der Waals surface area contributed by atoms with E-state index in [1.54, 1.807) is 11.3 Å². The molecule has 0 aliphatic heterocycles. The molecule has 4 heteroatoms. The van der Waals surface area contributed by atoms with Gasteiger partial charge in [0.2, 0.25) is 0 Å². The summed E-state index contributed by atoms with van der Waals surface area (Å²) < 4.78 is 0. The van der Waals surface area contributed by atoms with Gasteiger partial charge in [-0.15, -0.1) is 11.3 Å². The van der Waals surface area contributed by atoms with Crippen LogP contribution in [0.2, 0.25) is 0 Å². The third-order valence-corrected chi connectivity index (χ3v) is 4.62. The van der Waals surface area contributed by atoms with Gasteiger partial charge in [0, 0.05) is 37.3 Å². The summed E-state index contributed by atoms with van der Waals surface area (Å²) in [5.74, 6) is 0. The molecule has 0 saturated heterocycles. The van der Waals surface area contributed by atoms with Gasteiger partial charge in [-0.3, -0.25) is 0 Å². The first-order valence-electron chi connectivity index (χ1n) is 7.15. The zero-order valence-electron chi connectivity index (χ0n) is 12.1. The van der Waals surface area contributed by atoms with Crippen LogP contribution in [-0.2, 0) is 13.1 Å². The third kappa shape index (κ3) is 3.58. The van der Waals surface area contributed by atoms with Crippen LogP contribution in [0.5, 0.6) is 0 Å². The Kier molecular flexibility index (Phi) is 4.03. The largest absolute Gasteiger partial charge is 0.347 e. The molecule has 0 radical (unpaired) electrons. The van der Waals surface area contributed by atoms with Gasteiger partial charge in [0.1, 0.15) is 0 Å². The minimum absolute atomic E-state index is 0.755. The predicted molar refractivity (Wildman–Crippen MR) is 85.3 cm³/mol. The van der Waals surface area contributed by atoms with Crippen molar-refractivity contribution >= 4 is 16.5 Å². The predicted octanol–water partition coefficient (Wildman–Crippen LogP) is 3.34. The highest BCUT2D eigenvalue weighted by Gasteiger charge is 2.20. The molecule has 1 aromatic heterocycles. The van der Waals surface area contributed by atoms with E-state index in [0.717, 1.165) is 24.3 Å². The highest BCUT2D eigenvalue weighted by atomic mass is 32.1. The number of benzene rings is 1. The molecular formula is C16H21N3S. The van der Waals surface area contributed by atoms with E-state index >= 15 is 0 Å². The normalized spacial score (nSPS) is 14.5. The fourth-order valence-electron chi connectivity index (χ4n) is 2.24. The van der Waals surface area contributed by atoms with Gasteiger partial charge in [-0.05, 0) is 25.3 Å². The van der Waals surface area contributed by atoms with Crippen LogP contribution in [-0.4, -0.2) is 18.1 Å². The minimum atomic E-state index is 0.755. The van der Waals surface area contributed by atoms with Crippen LogP contribution >= 0.6 is 11.3 Å². The fraction of sp³-hybridized carbons (Fsp3) is 0.438. The number of aryl methyl sites for hydroxylation is 1. The summed E-state index contributed by atoms with van der Waals surface area (Å²) in [7, 11) is 2.11. The topological polar surface area (TPSA) is 28.2 Å². The van der Waals surface area contributed by atoms with Gasteiger partial charge in [0.15, 0.2) is 5.13 Å². The summed E-state index contributed by atoms with van der Waals surface area (Å²) in [4.78, 5) is 8.08. The summed E-state index contributed by atoms with van der Waals surface area (Å²) in [6, 6.07) is 9.41. The van der Waals surface area contributed by atoms with Crippen LogP contribution in [0.1, 0.15) is 28.8 Å². The van der Waals surface area contributed by atoms with Crippen molar-refractivity contribution in [2.24, 2.45) is 0 Å². The van der Waals surface area contributed by atoms with Crippen molar-refractivity contribution in [3.63, 3.8) is 0 Å². The Labute approximate surface area is 124 Å². The number of nitrogens with one attached hydrogen (secondary N) is 1. The van der Waals surface area contributed by atoms with Gasteiger partial charge in [-0.25, -0.2) is 4.98 Å². The van der Waals surface area contributed by atoms with Gasteiger partial charge in [0.05, 0.1) is 0 Å². The van der Waals surface area contributed by atoms with Gasteiger partial charge >= 0.3 is 0 Å². The van der Waals surface area contributed by atoms with E-state index in [1.165, 1.54) is 28.8 Å². The first-order valence-corrected chi connectivity index (χ1v) is 7.97. The Bertz CT molecular complexity index is 575. The van der Waals surface area contributed by atoms with Gasteiger partial charge in [-0.1, -0.05) is 29.8 Å². The molecule has 3 rings (SSSR count). The van der Waals surface area contributed by atoms with Gasteiger partial charge in [0.25, 0.3) is 0 Å². The second-order valence-electron chi connectivity index (χ2n) is 5.61. The van der Waals surface area contributed by atoms with E-state index < -0.39 is 0 Å². The summed E-state index contributed by atoms with van der Waals surface area (Å²) >= 11 is 1.79. The molecule has 0 amide bonds. The number of thiazole rings is 1. The summed E-state index contributed by atoms with van der Waals surface area (Å²) in [6.07, 6.45) is 4.67. The van der Waals surface area contributed by atoms with Gasteiger partial charge in [-0.2, -0.15) is 0 Å². The standard InChI is InChI=1S/C16H21N3S/c1-12-4-3-5-13(8-12)11-19(2)16-18-10-15(20-16)9-17-14-6-7-14/h3-5,8,10,14,17H,6-7,9,11H2,1-2H3. The smallest absolute Gasteiger partial charge is 0.185 e. The molecule has 1 heterocycles. The molecule has 106 valence electrons. The van der Waals surface area contributed by atoms with Crippen molar-refractivity contribution in [3.05, 3.63) is 46.5 Å². The Morgan fingerprint density at radius 2 is 2.25 bits per heavy atom.